The third kappa shape index (κ3) is 10.2. The summed E-state index contributed by atoms with van der Waals surface area (Å²) >= 11 is 0. The van der Waals surface area contributed by atoms with Crippen molar-refractivity contribution in [3.63, 3.8) is 0 Å². The van der Waals surface area contributed by atoms with Gasteiger partial charge in [-0.05, 0) is 31.9 Å². The normalized spacial score (nSPS) is 20.2. The maximum atomic E-state index is 13.8. The predicted octanol–water partition coefficient (Wildman–Crippen LogP) is 1.05. The van der Waals surface area contributed by atoms with Crippen LogP contribution in [0.25, 0.3) is 0 Å². The van der Waals surface area contributed by atoms with Gasteiger partial charge in [-0.1, -0.05) is 65.8 Å². The van der Waals surface area contributed by atoms with Crippen molar-refractivity contribution in [2.45, 2.75) is 58.3 Å². The van der Waals surface area contributed by atoms with Crippen LogP contribution in [0.1, 0.15) is 48.1 Å². The number of aromatic nitrogens is 1. The highest BCUT2D eigenvalue weighted by Crippen LogP contribution is 2.11. The second-order valence-electron chi connectivity index (χ2n) is 11.4. The van der Waals surface area contributed by atoms with Gasteiger partial charge in [0, 0.05) is 45.1 Å². The fourth-order valence-electron chi connectivity index (χ4n) is 5.28. The Kier molecular flexibility index (Phi) is 12.6. The van der Waals surface area contributed by atoms with Crippen molar-refractivity contribution in [1.29, 1.82) is 0 Å². The number of fused-ring (bicyclic) bond motifs is 2. The van der Waals surface area contributed by atoms with Crippen molar-refractivity contribution in [3.05, 3.63) is 89.3 Å². The summed E-state index contributed by atoms with van der Waals surface area (Å²) in [6.07, 6.45) is 0.364. The van der Waals surface area contributed by atoms with Gasteiger partial charge < -0.3 is 30.7 Å². The molecule has 0 saturated carbocycles. The average molecular weight is 646 g/mol. The molecule has 3 aromatic rings. The summed E-state index contributed by atoms with van der Waals surface area (Å²) < 4.78 is 5.42. The Bertz CT molecular complexity index is 1510. The quantitative estimate of drug-likeness (QED) is 0.282. The highest BCUT2D eigenvalue weighted by atomic mass is 16.5. The average Bonchev–Trinajstić information content (AvgIpc) is 3.53. The maximum absolute atomic E-state index is 13.8. The van der Waals surface area contributed by atoms with E-state index in [2.05, 4.69) is 26.4 Å². The van der Waals surface area contributed by atoms with Crippen LogP contribution in [-0.2, 0) is 38.6 Å². The van der Waals surface area contributed by atoms with Crippen LogP contribution >= 0.6 is 0 Å². The molecule has 4 rings (SSSR count). The van der Waals surface area contributed by atoms with Crippen molar-refractivity contribution in [3.8, 4) is 0 Å². The van der Waals surface area contributed by atoms with Crippen LogP contribution < -0.4 is 21.3 Å². The standard InChI is InChI=1S/C34H43N7O6/c1-4-41(5-2)30(42)22-40-17-16-35-32(44)27(18-24-12-8-6-9-13-24)38-33(45)28(19-25-14-10-7-11-15-25)37-31(43)23(3)36-34(46)29-20-26(21-40)47-39-29/h6-15,20,23,27-28H,4-5,16-19,21-22H2,1-3H3,(H,35,44)(H,36,46)(H,37,43)(H,38,45)/t23-,27+,28-/m0/s1. The number of likely N-dealkylation sites (N-methyl/N-ethyl adjacent to an activating group) is 1. The molecule has 0 fully saturated rings. The Hall–Kier alpha value is -5.04. The number of nitrogens with one attached hydrogen (secondary N) is 4. The topological polar surface area (TPSA) is 166 Å². The van der Waals surface area contributed by atoms with E-state index in [1.54, 1.807) is 9.80 Å². The highest BCUT2D eigenvalue weighted by Gasteiger charge is 2.30. The molecule has 13 nitrogen and oxygen atoms in total. The van der Waals surface area contributed by atoms with Crippen LogP contribution in [0.15, 0.2) is 71.3 Å². The molecule has 2 aromatic carbocycles. The molecule has 0 radical (unpaired) electrons. The lowest BCUT2D eigenvalue weighted by Gasteiger charge is -2.26. The van der Waals surface area contributed by atoms with Gasteiger partial charge in [0.1, 0.15) is 18.1 Å². The molecule has 2 heterocycles. The molecule has 13 heteroatoms. The first-order chi connectivity index (χ1) is 22.7. The van der Waals surface area contributed by atoms with E-state index >= 15 is 0 Å². The summed E-state index contributed by atoms with van der Waals surface area (Å²) in [6.45, 7) is 7.01. The monoisotopic (exact) mass is 645 g/mol. The van der Waals surface area contributed by atoms with Crippen molar-refractivity contribution >= 4 is 29.5 Å². The van der Waals surface area contributed by atoms with E-state index in [4.69, 9.17) is 4.52 Å². The summed E-state index contributed by atoms with van der Waals surface area (Å²) in [6, 6.07) is 16.9. The second-order valence-corrected chi connectivity index (χ2v) is 11.4. The first-order valence-electron chi connectivity index (χ1n) is 15.9. The molecule has 0 aliphatic carbocycles. The van der Waals surface area contributed by atoms with Gasteiger partial charge in [0.2, 0.25) is 23.6 Å². The fraction of sp³-hybridized carbons (Fsp3) is 0.412. The third-order valence-corrected chi connectivity index (χ3v) is 7.95. The molecule has 5 amide bonds. The summed E-state index contributed by atoms with van der Waals surface area (Å²) in [7, 11) is 0. The molecule has 2 bridgehead atoms. The van der Waals surface area contributed by atoms with Crippen LogP contribution in [0, 0.1) is 0 Å². The number of carbonyl (C=O) groups is 5. The van der Waals surface area contributed by atoms with Crippen molar-refractivity contribution in [2.24, 2.45) is 0 Å². The van der Waals surface area contributed by atoms with Gasteiger partial charge in [-0.15, -0.1) is 0 Å². The van der Waals surface area contributed by atoms with Crippen LogP contribution in [0.4, 0.5) is 0 Å². The zero-order valence-corrected chi connectivity index (χ0v) is 27.0. The van der Waals surface area contributed by atoms with Crippen LogP contribution in [-0.4, -0.2) is 95.3 Å². The number of hydrogen-bond acceptors (Lipinski definition) is 8. The Balaban J connectivity index is 1.63. The smallest absolute Gasteiger partial charge is 0.274 e. The van der Waals surface area contributed by atoms with Crippen molar-refractivity contribution in [2.75, 3.05) is 32.7 Å². The summed E-state index contributed by atoms with van der Waals surface area (Å²) in [4.78, 5) is 70.2. The predicted molar refractivity (Wildman–Crippen MR) is 174 cm³/mol. The lowest BCUT2D eigenvalue weighted by Crippen LogP contribution is -2.57. The second kappa shape index (κ2) is 17.0. The molecular formula is C34H43N7O6. The van der Waals surface area contributed by atoms with E-state index in [1.807, 2.05) is 74.5 Å². The first-order valence-corrected chi connectivity index (χ1v) is 15.9. The molecule has 1 aliphatic heterocycles. The minimum absolute atomic E-state index is 0.0357. The lowest BCUT2D eigenvalue weighted by atomic mass is 10.0. The van der Waals surface area contributed by atoms with Crippen LogP contribution in [0.5, 0.6) is 0 Å². The molecule has 1 aliphatic rings. The SMILES string of the molecule is CCN(CC)C(=O)CN1CCNC(=O)[C@@H](Cc2ccccc2)NC(=O)[C@H](Cc2ccccc2)NC(=O)[C@H](C)NC(=O)c2cc(on2)C1. The minimum atomic E-state index is -1.05. The molecule has 47 heavy (non-hydrogen) atoms. The summed E-state index contributed by atoms with van der Waals surface area (Å²) in [5.41, 5.74) is 1.60. The van der Waals surface area contributed by atoms with E-state index in [0.29, 0.717) is 18.8 Å². The number of carbonyl (C=O) groups excluding carboxylic acids is 5. The van der Waals surface area contributed by atoms with E-state index in [1.165, 1.54) is 13.0 Å². The van der Waals surface area contributed by atoms with Crippen LogP contribution in [0.2, 0.25) is 0 Å². The number of hydrogen-bond donors (Lipinski definition) is 4. The van der Waals surface area contributed by atoms with Gasteiger partial charge in [-0.25, -0.2) is 0 Å². The third-order valence-electron chi connectivity index (χ3n) is 7.95. The number of amides is 5. The fourth-order valence-corrected chi connectivity index (χ4v) is 5.28. The van der Waals surface area contributed by atoms with Crippen LogP contribution in [0.3, 0.4) is 0 Å². The zero-order valence-electron chi connectivity index (χ0n) is 27.0. The van der Waals surface area contributed by atoms with Gasteiger partial charge in [-0.3, -0.25) is 28.9 Å². The largest absolute Gasteiger partial charge is 0.359 e. The number of nitrogens with zero attached hydrogens (tertiary/aromatic N) is 3. The first kappa shape index (κ1) is 34.8. The summed E-state index contributed by atoms with van der Waals surface area (Å²) in [5.74, 6) is -1.95. The van der Waals surface area contributed by atoms with E-state index in [9.17, 15) is 24.0 Å². The Labute approximate surface area is 274 Å². The van der Waals surface area contributed by atoms with Crippen molar-refractivity contribution < 1.29 is 28.5 Å². The summed E-state index contributed by atoms with van der Waals surface area (Å²) in [5, 5.41) is 15.0. The Morgan fingerprint density at radius 1 is 0.851 bits per heavy atom. The van der Waals surface area contributed by atoms with Gasteiger partial charge in [-0.2, -0.15) is 0 Å². The molecule has 4 N–H and O–H groups in total. The Morgan fingerprint density at radius 2 is 1.43 bits per heavy atom. The molecule has 1 aromatic heterocycles. The molecule has 250 valence electrons. The lowest BCUT2D eigenvalue weighted by molar-refractivity contribution is -0.132. The molecule has 0 saturated heterocycles. The Morgan fingerprint density at radius 3 is 2.02 bits per heavy atom. The molecule has 0 unspecified atom stereocenters. The van der Waals surface area contributed by atoms with Gasteiger partial charge >= 0.3 is 0 Å². The molecular weight excluding hydrogens is 602 g/mol. The van der Waals surface area contributed by atoms with E-state index in [-0.39, 0.29) is 50.6 Å². The molecule has 0 spiro atoms. The number of rotatable bonds is 8. The molecule has 3 atom stereocenters. The maximum Gasteiger partial charge on any atom is 0.274 e. The number of benzene rings is 2. The van der Waals surface area contributed by atoms with E-state index < -0.39 is 41.8 Å². The van der Waals surface area contributed by atoms with Gasteiger partial charge in [0.25, 0.3) is 5.91 Å². The van der Waals surface area contributed by atoms with Gasteiger partial charge in [0.15, 0.2) is 11.5 Å². The highest BCUT2D eigenvalue weighted by molar-refractivity contribution is 5.97. The van der Waals surface area contributed by atoms with Crippen molar-refractivity contribution in [1.82, 2.24) is 36.2 Å². The minimum Gasteiger partial charge on any atom is -0.359 e. The van der Waals surface area contributed by atoms with E-state index in [0.717, 1.165) is 11.1 Å². The zero-order chi connectivity index (χ0) is 33.8. The van der Waals surface area contributed by atoms with Gasteiger partial charge in [0.05, 0.1) is 13.1 Å².